The van der Waals surface area contributed by atoms with Gasteiger partial charge in [-0.1, -0.05) is 64.9 Å². The van der Waals surface area contributed by atoms with Crippen molar-refractivity contribution in [1.82, 2.24) is 15.3 Å². The van der Waals surface area contributed by atoms with Crippen LogP contribution in [0.15, 0.2) is 63.6 Å². The van der Waals surface area contributed by atoms with Crippen LogP contribution in [0.2, 0.25) is 0 Å². The van der Waals surface area contributed by atoms with Crippen LogP contribution in [-0.2, 0) is 15.8 Å². The number of amides is 1. The molecule has 4 aromatic rings. The Bertz CT molecular complexity index is 1350. The summed E-state index contributed by atoms with van der Waals surface area (Å²) in [4.78, 5) is 26.8. The lowest BCUT2D eigenvalue weighted by Gasteiger charge is -2.09. The van der Waals surface area contributed by atoms with Gasteiger partial charge in [-0.2, -0.15) is 18.2 Å². The highest BCUT2D eigenvalue weighted by Crippen LogP contribution is 2.43. The van der Waals surface area contributed by atoms with Crippen molar-refractivity contribution >= 4 is 11.7 Å². The van der Waals surface area contributed by atoms with Gasteiger partial charge < -0.3 is 19.9 Å². The van der Waals surface area contributed by atoms with Gasteiger partial charge in [-0.05, 0) is 5.56 Å². The second-order valence-electron chi connectivity index (χ2n) is 7.48. The van der Waals surface area contributed by atoms with Gasteiger partial charge in [0.15, 0.2) is 5.78 Å². The molecule has 1 amide bonds. The van der Waals surface area contributed by atoms with Gasteiger partial charge in [0.1, 0.15) is 17.4 Å². The van der Waals surface area contributed by atoms with E-state index in [9.17, 15) is 27.9 Å². The topological polar surface area (TPSA) is 145 Å². The Morgan fingerprint density at radius 2 is 1.63 bits per heavy atom. The van der Waals surface area contributed by atoms with Crippen molar-refractivity contribution in [2.75, 3.05) is 0 Å². The first kappa shape index (κ1) is 23.8. The lowest BCUT2D eigenvalue weighted by atomic mass is 10.0. The van der Waals surface area contributed by atoms with Crippen LogP contribution in [0.1, 0.15) is 30.1 Å². The number of benzene rings is 2. The number of carbonyl (C=O) groups is 2. The van der Waals surface area contributed by atoms with E-state index in [0.717, 1.165) is 0 Å². The molecule has 0 spiro atoms. The standard InChI is InChI=1S/C23H17F3N4O5/c24-23(25,26)17-18(12-4-2-1-3-5-12)29-34-20(17)22-28-21(30-35-22)14-8-6-13(7-9-14)19(33)15(31)10-11-16(27)32/h1-9,19,33H,10-11H2,(H2,27,32). The van der Waals surface area contributed by atoms with Gasteiger partial charge in [-0.3, -0.25) is 9.59 Å². The van der Waals surface area contributed by atoms with E-state index < -0.39 is 46.9 Å². The van der Waals surface area contributed by atoms with Crippen molar-refractivity contribution in [3.63, 3.8) is 0 Å². The summed E-state index contributed by atoms with van der Waals surface area (Å²) in [5.74, 6) is -2.54. The van der Waals surface area contributed by atoms with Crippen LogP contribution in [-0.4, -0.2) is 32.1 Å². The average Bonchev–Trinajstić information content (AvgIpc) is 3.50. The SMILES string of the molecule is NC(=O)CCC(=O)C(O)c1ccc(-c2noc(-c3onc(-c4ccccc4)c3C(F)(F)F)n2)cc1. The molecule has 35 heavy (non-hydrogen) atoms. The van der Waals surface area contributed by atoms with E-state index in [1.807, 2.05) is 0 Å². The number of ketones is 1. The van der Waals surface area contributed by atoms with E-state index in [-0.39, 0.29) is 29.8 Å². The molecule has 0 fully saturated rings. The van der Waals surface area contributed by atoms with E-state index in [4.69, 9.17) is 14.8 Å². The molecule has 2 aromatic heterocycles. The van der Waals surface area contributed by atoms with Crippen LogP contribution in [0.4, 0.5) is 13.2 Å². The van der Waals surface area contributed by atoms with E-state index in [0.29, 0.717) is 5.56 Å². The van der Waals surface area contributed by atoms with Crippen molar-refractivity contribution in [3.05, 3.63) is 65.7 Å². The van der Waals surface area contributed by atoms with Gasteiger partial charge >= 0.3 is 6.18 Å². The smallest absolute Gasteiger partial charge is 0.381 e. The third-order valence-electron chi connectivity index (χ3n) is 5.05. The summed E-state index contributed by atoms with van der Waals surface area (Å²) >= 11 is 0. The van der Waals surface area contributed by atoms with Crippen LogP contribution in [0.3, 0.4) is 0 Å². The molecule has 4 rings (SSSR count). The second kappa shape index (κ2) is 9.50. The molecular formula is C23H17F3N4O5. The normalized spacial score (nSPS) is 12.5. The highest BCUT2D eigenvalue weighted by molar-refractivity contribution is 5.88. The number of hydrogen-bond acceptors (Lipinski definition) is 8. The number of aliphatic hydroxyl groups is 1. The quantitative estimate of drug-likeness (QED) is 0.381. The first-order valence-electron chi connectivity index (χ1n) is 10.2. The number of carbonyl (C=O) groups excluding carboxylic acids is 2. The molecule has 1 unspecified atom stereocenters. The van der Waals surface area contributed by atoms with Crippen LogP contribution in [0.5, 0.6) is 0 Å². The zero-order valence-electron chi connectivity index (χ0n) is 17.8. The fourth-order valence-corrected chi connectivity index (χ4v) is 3.31. The molecule has 0 bridgehead atoms. The van der Waals surface area contributed by atoms with Gasteiger partial charge in [0.25, 0.3) is 5.89 Å². The Morgan fingerprint density at radius 1 is 0.943 bits per heavy atom. The molecule has 0 aliphatic heterocycles. The summed E-state index contributed by atoms with van der Waals surface area (Å²) in [5, 5.41) is 17.4. The number of aromatic nitrogens is 3. The average molecular weight is 486 g/mol. The first-order valence-corrected chi connectivity index (χ1v) is 10.2. The molecule has 0 radical (unpaired) electrons. The maximum absolute atomic E-state index is 13.9. The highest BCUT2D eigenvalue weighted by atomic mass is 19.4. The van der Waals surface area contributed by atoms with Gasteiger partial charge in [0.05, 0.1) is 0 Å². The molecule has 2 aromatic carbocycles. The molecule has 0 aliphatic carbocycles. The molecule has 0 saturated carbocycles. The predicted octanol–water partition coefficient (Wildman–Crippen LogP) is 3.95. The molecule has 2 heterocycles. The number of Topliss-reactive ketones (excluding diaryl/α,β-unsaturated/α-hetero) is 1. The fourth-order valence-electron chi connectivity index (χ4n) is 3.31. The third-order valence-corrected chi connectivity index (χ3v) is 5.05. The van der Waals surface area contributed by atoms with Crippen LogP contribution in [0.25, 0.3) is 34.3 Å². The number of nitrogens with zero attached hydrogens (tertiary/aromatic N) is 3. The Morgan fingerprint density at radius 3 is 2.26 bits per heavy atom. The zero-order valence-corrected chi connectivity index (χ0v) is 17.8. The minimum atomic E-state index is -4.81. The monoisotopic (exact) mass is 486 g/mol. The number of primary amides is 1. The molecule has 0 aliphatic rings. The highest BCUT2D eigenvalue weighted by Gasteiger charge is 2.42. The molecule has 3 N–H and O–H groups in total. The van der Waals surface area contributed by atoms with Crippen LogP contribution < -0.4 is 5.73 Å². The van der Waals surface area contributed by atoms with Gasteiger partial charge in [0, 0.05) is 24.0 Å². The maximum atomic E-state index is 13.9. The van der Waals surface area contributed by atoms with Crippen molar-refractivity contribution in [2.45, 2.75) is 25.1 Å². The fraction of sp³-hybridized carbons (Fsp3) is 0.174. The predicted molar refractivity (Wildman–Crippen MR) is 114 cm³/mol. The van der Waals surface area contributed by atoms with Gasteiger partial charge in [-0.15, -0.1) is 0 Å². The lowest BCUT2D eigenvalue weighted by molar-refractivity contribution is -0.137. The maximum Gasteiger partial charge on any atom is 0.422 e. The summed E-state index contributed by atoms with van der Waals surface area (Å²) in [5.41, 5.74) is 4.24. The number of alkyl halides is 3. The number of aliphatic hydroxyl groups excluding tert-OH is 1. The van der Waals surface area contributed by atoms with Crippen molar-refractivity contribution < 1.29 is 36.9 Å². The zero-order chi connectivity index (χ0) is 25.2. The van der Waals surface area contributed by atoms with Crippen LogP contribution in [0, 0.1) is 0 Å². The van der Waals surface area contributed by atoms with Crippen molar-refractivity contribution in [1.29, 1.82) is 0 Å². The van der Waals surface area contributed by atoms with Crippen molar-refractivity contribution in [2.24, 2.45) is 5.73 Å². The first-order chi connectivity index (χ1) is 16.6. The number of nitrogens with two attached hydrogens (primary N) is 1. The van der Waals surface area contributed by atoms with Gasteiger partial charge in [0.2, 0.25) is 17.5 Å². The summed E-state index contributed by atoms with van der Waals surface area (Å²) in [7, 11) is 0. The molecule has 180 valence electrons. The van der Waals surface area contributed by atoms with E-state index >= 15 is 0 Å². The Balaban J connectivity index is 1.60. The molecule has 0 saturated heterocycles. The number of hydrogen-bond donors (Lipinski definition) is 2. The minimum Gasteiger partial charge on any atom is -0.381 e. The van der Waals surface area contributed by atoms with E-state index in [1.165, 1.54) is 36.4 Å². The van der Waals surface area contributed by atoms with Crippen molar-refractivity contribution in [3.8, 4) is 34.3 Å². The molecule has 1 atom stereocenters. The largest absolute Gasteiger partial charge is 0.422 e. The third kappa shape index (κ3) is 5.11. The summed E-state index contributed by atoms with van der Waals surface area (Å²) in [6.07, 6.45) is -6.68. The Hall–Kier alpha value is -4.32. The molecule has 9 nitrogen and oxygen atoms in total. The summed E-state index contributed by atoms with van der Waals surface area (Å²) in [6.45, 7) is 0. The Kier molecular flexibility index (Phi) is 6.47. The number of halogens is 3. The Labute approximate surface area is 195 Å². The van der Waals surface area contributed by atoms with Gasteiger partial charge in [-0.25, -0.2) is 0 Å². The second-order valence-corrected chi connectivity index (χ2v) is 7.48. The summed E-state index contributed by atoms with van der Waals surface area (Å²) in [6, 6.07) is 13.5. The lowest BCUT2D eigenvalue weighted by Crippen LogP contribution is -2.17. The van der Waals surface area contributed by atoms with E-state index in [2.05, 4.69) is 15.3 Å². The number of rotatable bonds is 8. The minimum absolute atomic E-state index is 0.0492. The summed E-state index contributed by atoms with van der Waals surface area (Å²) < 4.78 is 51.6. The van der Waals surface area contributed by atoms with Crippen LogP contribution >= 0.6 is 0 Å². The van der Waals surface area contributed by atoms with E-state index in [1.54, 1.807) is 18.2 Å². The molecular weight excluding hydrogens is 469 g/mol. The molecule has 12 heteroatoms.